The summed E-state index contributed by atoms with van der Waals surface area (Å²) in [7, 11) is 0. The van der Waals surface area contributed by atoms with Crippen LogP contribution >= 0.6 is 11.6 Å². The second-order valence-electron chi connectivity index (χ2n) is 9.46. The van der Waals surface area contributed by atoms with Gasteiger partial charge in [0.1, 0.15) is 12.4 Å². The number of anilines is 1. The molecule has 2 saturated carbocycles. The smallest absolute Gasteiger partial charge is 0.319 e. The SMILES string of the molecule is O=C1Nc2c(Cl)ccc(OCC3CC(C(=O)OCc4ccccc4)C3)c2C2(CCCCC2)N1. The number of urea groups is 1. The molecule has 7 heteroatoms. The molecule has 2 amide bonds. The minimum absolute atomic E-state index is 0.0629. The van der Waals surface area contributed by atoms with E-state index in [4.69, 9.17) is 21.1 Å². The van der Waals surface area contributed by atoms with Gasteiger partial charge in [0, 0.05) is 5.56 Å². The molecular weight excluding hydrogens is 440 g/mol. The van der Waals surface area contributed by atoms with Crippen LogP contribution in [0.5, 0.6) is 5.75 Å². The fraction of sp³-hybridized carbons (Fsp3) is 0.462. The van der Waals surface area contributed by atoms with Crippen LogP contribution in [0.3, 0.4) is 0 Å². The van der Waals surface area contributed by atoms with E-state index in [0.717, 1.165) is 55.4 Å². The van der Waals surface area contributed by atoms with Gasteiger partial charge < -0.3 is 20.1 Å². The molecule has 2 aromatic carbocycles. The zero-order chi connectivity index (χ0) is 22.8. The summed E-state index contributed by atoms with van der Waals surface area (Å²) in [5.74, 6) is 0.872. The van der Waals surface area contributed by atoms with Crippen molar-refractivity contribution < 1.29 is 19.1 Å². The van der Waals surface area contributed by atoms with Crippen molar-refractivity contribution in [1.82, 2.24) is 5.32 Å². The monoisotopic (exact) mass is 468 g/mol. The molecule has 1 aliphatic heterocycles. The van der Waals surface area contributed by atoms with Crippen molar-refractivity contribution in [1.29, 1.82) is 0 Å². The fourth-order valence-electron chi connectivity index (χ4n) is 5.35. The van der Waals surface area contributed by atoms with Crippen LogP contribution in [0, 0.1) is 11.8 Å². The van der Waals surface area contributed by atoms with E-state index in [-0.39, 0.29) is 17.9 Å². The van der Waals surface area contributed by atoms with Crippen LogP contribution in [-0.4, -0.2) is 18.6 Å². The minimum atomic E-state index is -0.431. The minimum Gasteiger partial charge on any atom is -0.493 e. The number of carbonyl (C=O) groups is 2. The molecule has 2 N–H and O–H groups in total. The molecule has 0 radical (unpaired) electrons. The van der Waals surface area contributed by atoms with Gasteiger partial charge in [-0.15, -0.1) is 0 Å². The average molecular weight is 469 g/mol. The maximum absolute atomic E-state index is 12.4. The number of esters is 1. The van der Waals surface area contributed by atoms with Crippen LogP contribution in [0.4, 0.5) is 10.5 Å². The Morgan fingerprint density at radius 1 is 1.06 bits per heavy atom. The lowest BCUT2D eigenvalue weighted by atomic mass is 9.74. The number of ether oxygens (including phenoxy) is 2. The third-order valence-corrected chi connectivity index (χ3v) is 7.48. The molecule has 0 atom stereocenters. The van der Waals surface area contributed by atoms with E-state index in [0.29, 0.717) is 29.8 Å². The van der Waals surface area contributed by atoms with Crippen molar-refractivity contribution in [2.45, 2.75) is 57.1 Å². The molecule has 5 rings (SSSR count). The van der Waals surface area contributed by atoms with Gasteiger partial charge in [-0.1, -0.05) is 61.2 Å². The maximum Gasteiger partial charge on any atom is 0.319 e. The molecule has 3 aliphatic rings. The van der Waals surface area contributed by atoms with Crippen molar-refractivity contribution in [3.63, 3.8) is 0 Å². The van der Waals surface area contributed by atoms with Gasteiger partial charge in [-0.2, -0.15) is 0 Å². The number of carbonyl (C=O) groups excluding carboxylic acids is 2. The zero-order valence-electron chi connectivity index (χ0n) is 18.6. The first-order chi connectivity index (χ1) is 16.0. The molecule has 2 fully saturated rings. The number of fused-ring (bicyclic) bond motifs is 2. The number of nitrogens with one attached hydrogen (secondary N) is 2. The van der Waals surface area contributed by atoms with E-state index in [2.05, 4.69) is 10.6 Å². The highest BCUT2D eigenvalue weighted by molar-refractivity contribution is 6.34. The number of rotatable bonds is 6. The van der Waals surface area contributed by atoms with Crippen LogP contribution in [0.15, 0.2) is 42.5 Å². The van der Waals surface area contributed by atoms with E-state index in [1.807, 2.05) is 36.4 Å². The number of halogens is 1. The first-order valence-electron chi connectivity index (χ1n) is 11.8. The molecule has 174 valence electrons. The molecule has 0 aromatic heterocycles. The summed E-state index contributed by atoms with van der Waals surface area (Å²) in [4.78, 5) is 24.7. The molecule has 0 unspecified atom stereocenters. The van der Waals surface area contributed by atoms with Crippen LogP contribution in [0.2, 0.25) is 5.02 Å². The van der Waals surface area contributed by atoms with Crippen molar-refractivity contribution in [3.8, 4) is 5.75 Å². The Labute approximate surface area is 199 Å². The Balaban J connectivity index is 1.21. The topological polar surface area (TPSA) is 76.7 Å². The predicted octanol–water partition coefficient (Wildman–Crippen LogP) is 5.78. The first-order valence-corrected chi connectivity index (χ1v) is 12.2. The lowest BCUT2D eigenvalue weighted by molar-refractivity contribution is -0.155. The fourth-order valence-corrected chi connectivity index (χ4v) is 5.55. The van der Waals surface area contributed by atoms with Crippen LogP contribution in [-0.2, 0) is 21.7 Å². The van der Waals surface area contributed by atoms with E-state index >= 15 is 0 Å². The van der Waals surface area contributed by atoms with Crippen LogP contribution < -0.4 is 15.4 Å². The van der Waals surface area contributed by atoms with Gasteiger partial charge in [-0.25, -0.2) is 4.79 Å². The highest BCUT2D eigenvalue weighted by Gasteiger charge is 2.44. The number of hydrogen-bond donors (Lipinski definition) is 2. The van der Waals surface area contributed by atoms with Gasteiger partial charge >= 0.3 is 12.0 Å². The first kappa shape index (κ1) is 22.1. The van der Waals surface area contributed by atoms with Crippen LogP contribution in [0.1, 0.15) is 56.1 Å². The molecule has 2 aromatic rings. The summed E-state index contributed by atoms with van der Waals surface area (Å²) in [6.07, 6.45) is 6.57. The van der Waals surface area contributed by atoms with Gasteiger partial charge in [0.25, 0.3) is 0 Å². The number of amides is 2. The van der Waals surface area contributed by atoms with Gasteiger partial charge in [0.15, 0.2) is 0 Å². The number of benzene rings is 2. The lowest BCUT2D eigenvalue weighted by Gasteiger charge is -2.43. The van der Waals surface area contributed by atoms with Crippen molar-refractivity contribution in [2.24, 2.45) is 11.8 Å². The predicted molar refractivity (Wildman–Crippen MR) is 126 cm³/mol. The zero-order valence-corrected chi connectivity index (χ0v) is 19.3. The Bertz CT molecular complexity index is 1030. The largest absolute Gasteiger partial charge is 0.493 e. The summed E-state index contributed by atoms with van der Waals surface area (Å²) in [5.41, 5.74) is 2.19. The van der Waals surface area contributed by atoms with Gasteiger partial charge in [-0.3, -0.25) is 4.79 Å². The summed E-state index contributed by atoms with van der Waals surface area (Å²) >= 11 is 6.46. The second-order valence-corrected chi connectivity index (χ2v) is 9.86. The molecule has 1 spiro atoms. The summed E-state index contributed by atoms with van der Waals surface area (Å²) in [6, 6.07) is 13.2. The molecule has 0 saturated heterocycles. The van der Waals surface area contributed by atoms with E-state index in [1.165, 1.54) is 6.42 Å². The Hall–Kier alpha value is -2.73. The summed E-state index contributed by atoms with van der Waals surface area (Å²) < 4.78 is 11.8. The Kier molecular flexibility index (Phi) is 6.19. The third-order valence-electron chi connectivity index (χ3n) is 7.16. The third kappa shape index (κ3) is 4.54. The number of hydrogen-bond acceptors (Lipinski definition) is 4. The van der Waals surface area contributed by atoms with Crippen molar-refractivity contribution in [3.05, 3.63) is 58.6 Å². The molecular formula is C26H29ClN2O4. The maximum atomic E-state index is 12.4. The van der Waals surface area contributed by atoms with Crippen molar-refractivity contribution in [2.75, 3.05) is 11.9 Å². The normalized spacial score (nSPS) is 23.0. The Morgan fingerprint density at radius 3 is 2.58 bits per heavy atom. The van der Waals surface area contributed by atoms with E-state index in [1.54, 1.807) is 6.07 Å². The highest BCUT2D eigenvalue weighted by Crippen LogP contribution is 2.49. The van der Waals surface area contributed by atoms with Gasteiger partial charge in [-0.05, 0) is 49.3 Å². The van der Waals surface area contributed by atoms with Crippen molar-refractivity contribution >= 4 is 29.3 Å². The highest BCUT2D eigenvalue weighted by atomic mass is 35.5. The molecule has 33 heavy (non-hydrogen) atoms. The van der Waals surface area contributed by atoms with Gasteiger partial charge in [0.05, 0.1) is 28.8 Å². The Morgan fingerprint density at radius 2 is 1.82 bits per heavy atom. The van der Waals surface area contributed by atoms with Gasteiger partial charge in [0.2, 0.25) is 0 Å². The lowest BCUT2D eigenvalue weighted by Crippen LogP contribution is -2.53. The second kappa shape index (κ2) is 9.26. The standard InChI is InChI=1S/C26H29ClN2O4/c27-20-9-10-21(22-23(20)28-25(31)29-26(22)11-5-2-6-12-26)32-16-18-13-19(14-18)24(30)33-15-17-7-3-1-4-8-17/h1,3-4,7-10,18-19H,2,5-6,11-16H2,(H2,28,29,31). The van der Waals surface area contributed by atoms with E-state index in [9.17, 15) is 9.59 Å². The quantitative estimate of drug-likeness (QED) is 0.526. The summed E-state index contributed by atoms with van der Waals surface area (Å²) in [6.45, 7) is 0.843. The average Bonchev–Trinajstić information content (AvgIpc) is 2.79. The molecule has 1 heterocycles. The molecule has 6 nitrogen and oxygen atoms in total. The molecule has 0 bridgehead atoms. The molecule has 2 aliphatic carbocycles. The van der Waals surface area contributed by atoms with E-state index < -0.39 is 5.54 Å². The summed E-state index contributed by atoms with van der Waals surface area (Å²) in [5, 5.41) is 6.58. The van der Waals surface area contributed by atoms with Crippen LogP contribution in [0.25, 0.3) is 0 Å².